The molecule has 0 aliphatic carbocycles. The normalized spacial score (nSPS) is 19.3. The maximum absolute atomic E-state index is 11.9. The van der Waals surface area contributed by atoms with E-state index >= 15 is 0 Å². The van der Waals surface area contributed by atoms with Crippen molar-refractivity contribution in [2.75, 3.05) is 4.90 Å². The second-order valence-corrected chi connectivity index (χ2v) is 4.81. The molecule has 0 saturated carbocycles. The molecule has 1 atom stereocenters. The van der Waals surface area contributed by atoms with Crippen molar-refractivity contribution in [2.24, 2.45) is 0 Å². The number of thioether (sulfide) groups is 1. The van der Waals surface area contributed by atoms with E-state index in [0.717, 1.165) is 4.90 Å². The van der Waals surface area contributed by atoms with Gasteiger partial charge in [-0.05, 0) is 36.0 Å². The van der Waals surface area contributed by atoms with E-state index in [4.69, 9.17) is 10.2 Å². The smallest absolute Gasteiger partial charge is 0.305 e. The molecular formula is C11H9NO5S. The van der Waals surface area contributed by atoms with Crippen molar-refractivity contribution in [1.82, 2.24) is 0 Å². The van der Waals surface area contributed by atoms with Gasteiger partial charge in [0.25, 0.3) is 5.24 Å². The van der Waals surface area contributed by atoms with Crippen molar-refractivity contribution in [1.29, 1.82) is 0 Å². The zero-order valence-electron chi connectivity index (χ0n) is 9.07. The van der Waals surface area contributed by atoms with Gasteiger partial charge in [0.05, 0.1) is 12.1 Å². The number of phenols is 1. The number of rotatable bonds is 3. The highest BCUT2D eigenvalue weighted by Gasteiger charge is 2.41. The Balaban J connectivity index is 2.24. The van der Waals surface area contributed by atoms with E-state index in [-0.39, 0.29) is 12.2 Å². The number of phenolic OH excluding ortho intramolecular Hbond substituents is 1. The number of aromatic hydroxyl groups is 1. The average molecular weight is 267 g/mol. The summed E-state index contributed by atoms with van der Waals surface area (Å²) in [6.45, 7) is 0. The molecule has 1 heterocycles. The van der Waals surface area contributed by atoms with Crippen LogP contribution in [0.2, 0.25) is 0 Å². The summed E-state index contributed by atoms with van der Waals surface area (Å²) in [4.78, 5) is 35.1. The first-order valence-electron chi connectivity index (χ1n) is 5.04. The summed E-state index contributed by atoms with van der Waals surface area (Å²) < 4.78 is 0. The van der Waals surface area contributed by atoms with Crippen LogP contribution >= 0.6 is 11.8 Å². The Kier molecular flexibility index (Phi) is 3.24. The van der Waals surface area contributed by atoms with Crippen molar-refractivity contribution in [2.45, 2.75) is 11.7 Å². The van der Waals surface area contributed by atoms with Gasteiger partial charge in [-0.2, -0.15) is 0 Å². The lowest BCUT2D eigenvalue weighted by molar-refractivity contribution is -0.138. The van der Waals surface area contributed by atoms with Gasteiger partial charge in [-0.1, -0.05) is 0 Å². The fraction of sp³-hybridized carbons (Fsp3) is 0.182. The predicted molar refractivity (Wildman–Crippen MR) is 64.6 cm³/mol. The molecule has 0 spiro atoms. The number of aliphatic carboxylic acids is 1. The van der Waals surface area contributed by atoms with Gasteiger partial charge in [0.15, 0.2) is 0 Å². The lowest BCUT2D eigenvalue weighted by Gasteiger charge is -2.13. The standard InChI is InChI=1S/C11H9NO5S/c13-7-3-1-6(2-4-7)12-10(16)8(5-9(14)15)18-11(12)17/h1-4,8,13H,5H2,(H,14,15)/t8-/m0/s1. The molecule has 6 nitrogen and oxygen atoms in total. The van der Waals surface area contributed by atoms with E-state index in [0.29, 0.717) is 17.4 Å². The maximum Gasteiger partial charge on any atom is 0.305 e. The Morgan fingerprint density at radius 1 is 1.28 bits per heavy atom. The maximum atomic E-state index is 11.9. The first kappa shape index (κ1) is 12.4. The Hall–Kier alpha value is -2.02. The summed E-state index contributed by atoms with van der Waals surface area (Å²) in [5.74, 6) is -1.65. The van der Waals surface area contributed by atoms with Crippen LogP contribution in [0.4, 0.5) is 10.5 Å². The third-order valence-corrected chi connectivity index (χ3v) is 3.43. The minimum Gasteiger partial charge on any atom is -0.508 e. The summed E-state index contributed by atoms with van der Waals surface area (Å²) >= 11 is 0.703. The van der Waals surface area contributed by atoms with Crippen molar-refractivity contribution in [3.63, 3.8) is 0 Å². The van der Waals surface area contributed by atoms with Crippen LogP contribution in [0.25, 0.3) is 0 Å². The molecule has 1 saturated heterocycles. The van der Waals surface area contributed by atoms with Crippen LogP contribution in [0.15, 0.2) is 24.3 Å². The van der Waals surface area contributed by atoms with Crippen molar-refractivity contribution < 1.29 is 24.6 Å². The fourth-order valence-electron chi connectivity index (χ4n) is 1.58. The van der Waals surface area contributed by atoms with Crippen LogP contribution in [-0.2, 0) is 9.59 Å². The Morgan fingerprint density at radius 3 is 2.44 bits per heavy atom. The van der Waals surface area contributed by atoms with Gasteiger partial charge >= 0.3 is 5.97 Å². The lowest BCUT2D eigenvalue weighted by Crippen LogP contribution is -2.32. The van der Waals surface area contributed by atoms with Crippen molar-refractivity contribution in [3.8, 4) is 5.75 Å². The number of carboxylic acid groups (broad SMARTS) is 1. The quantitative estimate of drug-likeness (QED) is 0.860. The highest BCUT2D eigenvalue weighted by atomic mass is 32.2. The number of imide groups is 1. The Morgan fingerprint density at radius 2 is 1.89 bits per heavy atom. The number of nitrogens with zero attached hydrogens (tertiary/aromatic N) is 1. The van der Waals surface area contributed by atoms with Crippen LogP contribution in [0.3, 0.4) is 0 Å². The molecular weight excluding hydrogens is 258 g/mol. The van der Waals surface area contributed by atoms with Gasteiger partial charge in [0.2, 0.25) is 5.91 Å². The van der Waals surface area contributed by atoms with E-state index in [1.165, 1.54) is 24.3 Å². The third-order valence-electron chi connectivity index (χ3n) is 2.39. The average Bonchev–Trinajstić information content (AvgIpc) is 2.55. The van der Waals surface area contributed by atoms with E-state index in [9.17, 15) is 14.4 Å². The minimum absolute atomic E-state index is 0.0209. The van der Waals surface area contributed by atoms with Gasteiger partial charge in [-0.25, -0.2) is 4.90 Å². The molecule has 94 valence electrons. The van der Waals surface area contributed by atoms with Crippen LogP contribution in [-0.4, -0.2) is 32.6 Å². The number of carboxylic acids is 1. The third kappa shape index (κ3) is 2.30. The number of benzene rings is 1. The molecule has 1 fully saturated rings. The van der Waals surface area contributed by atoms with E-state index in [1.807, 2.05) is 0 Å². The molecule has 0 unspecified atom stereocenters. The highest BCUT2D eigenvalue weighted by Crippen LogP contribution is 2.33. The zero-order chi connectivity index (χ0) is 13.3. The van der Waals surface area contributed by atoms with Crippen molar-refractivity contribution in [3.05, 3.63) is 24.3 Å². The van der Waals surface area contributed by atoms with Crippen LogP contribution in [0.1, 0.15) is 6.42 Å². The number of carbonyl (C=O) groups excluding carboxylic acids is 2. The van der Waals surface area contributed by atoms with Gasteiger partial charge in [0.1, 0.15) is 11.0 Å². The van der Waals surface area contributed by atoms with Gasteiger partial charge < -0.3 is 10.2 Å². The number of hydrogen-bond acceptors (Lipinski definition) is 5. The van der Waals surface area contributed by atoms with Crippen LogP contribution < -0.4 is 4.90 Å². The molecule has 1 aromatic rings. The largest absolute Gasteiger partial charge is 0.508 e. The molecule has 0 radical (unpaired) electrons. The zero-order valence-corrected chi connectivity index (χ0v) is 9.88. The van der Waals surface area contributed by atoms with E-state index in [1.54, 1.807) is 0 Å². The SMILES string of the molecule is O=C(O)C[C@@H]1SC(=O)N(c2ccc(O)cc2)C1=O. The Labute approximate surface area is 106 Å². The molecule has 2 amide bonds. The molecule has 7 heteroatoms. The summed E-state index contributed by atoms with van der Waals surface area (Å²) in [5.41, 5.74) is 0.322. The summed E-state index contributed by atoms with van der Waals surface area (Å²) in [7, 11) is 0. The second kappa shape index (κ2) is 4.69. The summed E-state index contributed by atoms with van der Waals surface area (Å²) in [5, 5.41) is 16.4. The minimum atomic E-state index is -1.12. The molecule has 0 aromatic heterocycles. The highest BCUT2D eigenvalue weighted by molar-refractivity contribution is 8.15. The molecule has 1 aliphatic heterocycles. The van der Waals surface area contributed by atoms with E-state index < -0.39 is 22.4 Å². The molecule has 18 heavy (non-hydrogen) atoms. The van der Waals surface area contributed by atoms with Crippen LogP contribution in [0, 0.1) is 0 Å². The lowest BCUT2D eigenvalue weighted by atomic mass is 10.2. The molecule has 0 bridgehead atoms. The summed E-state index contributed by atoms with van der Waals surface area (Å²) in [6.07, 6.45) is -0.385. The Bertz CT molecular complexity index is 513. The van der Waals surface area contributed by atoms with Crippen LogP contribution in [0.5, 0.6) is 5.75 Å². The van der Waals surface area contributed by atoms with Gasteiger partial charge in [-0.3, -0.25) is 14.4 Å². The summed E-state index contributed by atoms with van der Waals surface area (Å²) in [6, 6.07) is 5.56. The predicted octanol–water partition coefficient (Wildman–Crippen LogP) is 1.44. The molecule has 1 aromatic carbocycles. The van der Waals surface area contributed by atoms with E-state index in [2.05, 4.69) is 0 Å². The molecule has 2 rings (SSSR count). The monoisotopic (exact) mass is 267 g/mol. The second-order valence-electron chi connectivity index (χ2n) is 3.66. The molecule has 2 N–H and O–H groups in total. The number of hydrogen-bond donors (Lipinski definition) is 2. The van der Waals surface area contributed by atoms with Crippen molar-refractivity contribution >= 4 is 34.6 Å². The van der Waals surface area contributed by atoms with Gasteiger partial charge in [0, 0.05) is 0 Å². The number of carbonyl (C=O) groups is 3. The fourth-order valence-corrected chi connectivity index (χ4v) is 2.56. The number of anilines is 1. The molecule has 1 aliphatic rings. The first-order valence-corrected chi connectivity index (χ1v) is 5.92. The topological polar surface area (TPSA) is 94.9 Å². The number of amides is 2. The first-order chi connectivity index (χ1) is 8.49. The van der Waals surface area contributed by atoms with Gasteiger partial charge in [-0.15, -0.1) is 0 Å².